The van der Waals surface area contributed by atoms with E-state index in [4.69, 9.17) is 25.8 Å². The first-order valence-corrected chi connectivity index (χ1v) is 11.5. The standard InChI is InChI=1S/C20H24N4O4S.C2H4O2/c1-14-3-8-17(28-2)18(13-14)29(26,27)24-11-9-23(10-12-24)20(25)16-6-4-15(5-7-16)19(21)22;1-2(3)4/h3-8,13H,9-12H2,1-2H3,(H3,21,22);1H3,(H,3,4). The molecule has 10 nitrogen and oxygen atoms in total. The number of hydrogen-bond donors (Lipinski definition) is 3. The molecule has 0 unspecified atom stereocenters. The number of amidine groups is 1. The molecule has 33 heavy (non-hydrogen) atoms. The van der Waals surface area contributed by atoms with Crippen molar-refractivity contribution in [2.75, 3.05) is 33.3 Å². The third-order valence-electron chi connectivity index (χ3n) is 4.91. The van der Waals surface area contributed by atoms with Gasteiger partial charge in [0, 0.05) is 44.2 Å². The van der Waals surface area contributed by atoms with Gasteiger partial charge in [0.15, 0.2) is 0 Å². The number of methoxy groups -OCH3 is 1. The van der Waals surface area contributed by atoms with Crippen molar-refractivity contribution >= 4 is 27.7 Å². The van der Waals surface area contributed by atoms with Crippen molar-refractivity contribution < 1.29 is 27.9 Å². The van der Waals surface area contributed by atoms with E-state index in [1.54, 1.807) is 47.4 Å². The fourth-order valence-electron chi connectivity index (χ4n) is 3.23. The van der Waals surface area contributed by atoms with Gasteiger partial charge < -0.3 is 20.5 Å². The smallest absolute Gasteiger partial charge is 0.300 e. The number of aryl methyl sites for hydroxylation is 1. The number of carboxylic acid groups (broad SMARTS) is 1. The van der Waals surface area contributed by atoms with Crippen LogP contribution in [0.15, 0.2) is 47.4 Å². The number of carbonyl (C=O) groups is 2. The van der Waals surface area contributed by atoms with Crippen LogP contribution in [0, 0.1) is 12.3 Å². The summed E-state index contributed by atoms with van der Waals surface area (Å²) in [5, 5.41) is 14.8. The second-order valence-corrected chi connectivity index (χ2v) is 9.27. The van der Waals surface area contributed by atoms with Gasteiger partial charge in [0.1, 0.15) is 16.5 Å². The van der Waals surface area contributed by atoms with E-state index in [0.717, 1.165) is 12.5 Å². The molecule has 11 heteroatoms. The Bertz CT molecular complexity index is 1120. The number of nitrogen functional groups attached to an aromatic ring is 1. The van der Waals surface area contributed by atoms with Crippen molar-refractivity contribution in [3.63, 3.8) is 0 Å². The molecule has 178 valence electrons. The first-order valence-electron chi connectivity index (χ1n) is 10.1. The molecule has 1 heterocycles. The van der Waals surface area contributed by atoms with Crippen LogP contribution in [0.1, 0.15) is 28.4 Å². The van der Waals surface area contributed by atoms with E-state index >= 15 is 0 Å². The molecule has 0 spiro atoms. The van der Waals surface area contributed by atoms with E-state index in [9.17, 15) is 13.2 Å². The van der Waals surface area contributed by atoms with Crippen molar-refractivity contribution in [3.8, 4) is 5.75 Å². The van der Waals surface area contributed by atoms with Crippen LogP contribution >= 0.6 is 0 Å². The summed E-state index contributed by atoms with van der Waals surface area (Å²) in [7, 11) is -2.28. The average Bonchev–Trinajstić information content (AvgIpc) is 2.78. The second-order valence-electron chi connectivity index (χ2n) is 7.36. The van der Waals surface area contributed by atoms with Gasteiger partial charge in [-0.1, -0.05) is 18.2 Å². The Balaban J connectivity index is 0.000000890. The predicted molar refractivity (Wildman–Crippen MR) is 123 cm³/mol. The summed E-state index contributed by atoms with van der Waals surface area (Å²) in [6.07, 6.45) is 0. The first-order chi connectivity index (χ1) is 15.5. The summed E-state index contributed by atoms with van der Waals surface area (Å²) in [5.41, 5.74) is 7.28. The minimum Gasteiger partial charge on any atom is -0.495 e. The molecule has 1 aliphatic rings. The topological polar surface area (TPSA) is 154 Å². The molecule has 4 N–H and O–H groups in total. The van der Waals surface area contributed by atoms with Gasteiger partial charge in [0.25, 0.3) is 11.9 Å². The Hall–Kier alpha value is -3.44. The fraction of sp³-hybridized carbons (Fsp3) is 0.318. The van der Waals surface area contributed by atoms with Crippen molar-refractivity contribution in [2.45, 2.75) is 18.7 Å². The number of nitrogens with two attached hydrogens (primary N) is 1. The van der Waals surface area contributed by atoms with Gasteiger partial charge in [0.05, 0.1) is 7.11 Å². The zero-order valence-electron chi connectivity index (χ0n) is 18.7. The minimum absolute atomic E-state index is 0.0607. The summed E-state index contributed by atoms with van der Waals surface area (Å²) in [6.45, 7) is 3.90. The summed E-state index contributed by atoms with van der Waals surface area (Å²) in [6, 6.07) is 11.5. The Morgan fingerprint density at radius 1 is 1.03 bits per heavy atom. The van der Waals surface area contributed by atoms with Crippen LogP contribution in [0.4, 0.5) is 0 Å². The molecule has 1 saturated heterocycles. The largest absolute Gasteiger partial charge is 0.495 e. The van der Waals surface area contributed by atoms with E-state index in [1.165, 1.54) is 11.4 Å². The molecular weight excluding hydrogens is 448 g/mol. The average molecular weight is 477 g/mol. The Morgan fingerprint density at radius 3 is 2.03 bits per heavy atom. The number of hydrogen-bond acceptors (Lipinski definition) is 6. The van der Waals surface area contributed by atoms with E-state index < -0.39 is 16.0 Å². The van der Waals surface area contributed by atoms with Crippen LogP contribution in [0.25, 0.3) is 0 Å². The zero-order valence-corrected chi connectivity index (χ0v) is 19.6. The van der Waals surface area contributed by atoms with Gasteiger partial charge in [-0.25, -0.2) is 8.42 Å². The van der Waals surface area contributed by atoms with Gasteiger partial charge >= 0.3 is 0 Å². The van der Waals surface area contributed by atoms with Gasteiger partial charge in [-0.2, -0.15) is 4.31 Å². The molecule has 1 aliphatic heterocycles. The van der Waals surface area contributed by atoms with Gasteiger partial charge in [-0.05, 0) is 36.8 Å². The van der Waals surface area contributed by atoms with Crippen LogP contribution in [-0.4, -0.2) is 73.7 Å². The Kier molecular flexibility index (Phi) is 8.55. The lowest BCUT2D eigenvalue weighted by Crippen LogP contribution is -2.50. The van der Waals surface area contributed by atoms with Gasteiger partial charge in [-0.15, -0.1) is 0 Å². The highest BCUT2D eigenvalue weighted by molar-refractivity contribution is 7.89. The molecule has 1 fully saturated rings. The maximum absolute atomic E-state index is 13.1. The third-order valence-corrected chi connectivity index (χ3v) is 6.83. The zero-order chi connectivity index (χ0) is 24.8. The monoisotopic (exact) mass is 476 g/mol. The van der Waals surface area contributed by atoms with Crippen molar-refractivity contribution in [3.05, 3.63) is 59.2 Å². The third kappa shape index (κ3) is 6.53. The maximum Gasteiger partial charge on any atom is 0.300 e. The summed E-state index contributed by atoms with van der Waals surface area (Å²) >= 11 is 0. The highest BCUT2D eigenvalue weighted by atomic mass is 32.2. The lowest BCUT2D eigenvalue weighted by Gasteiger charge is -2.34. The van der Waals surface area contributed by atoms with Crippen LogP contribution in [0.2, 0.25) is 0 Å². The first kappa shape index (κ1) is 25.8. The van der Waals surface area contributed by atoms with E-state index in [0.29, 0.717) is 30.0 Å². The summed E-state index contributed by atoms with van der Waals surface area (Å²) in [4.78, 5) is 23.5. The van der Waals surface area contributed by atoms with E-state index in [-0.39, 0.29) is 29.7 Å². The van der Waals surface area contributed by atoms with Gasteiger partial charge in [0.2, 0.25) is 10.0 Å². The number of piperazine rings is 1. The Morgan fingerprint density at radius 2 is 1.55 bits per heavy atom. The quantitative estimate of drug-likeness (QED) is 0.437. The number of carboxylic acids is 1. The van der Waals surface area contributed by atoms with Gasteiger partial charge in [-0.3, -0.25) is 15.0 Å². The van der Waals surface area contributed by atoms with Crippen molar-refractivity contribution in [1.29, 1.82) is 5.41 Å². The number of sulfonamides is 1. The number of amides is 1. The molecule has 0 aliphatic carbocycles. The number of benzene rings is 2. The van der Waals surface area contributed by atoms with E-state index in [1.807, 2.05) is 6.92 Å². The van der Waals surface area contributed by atoms with Crippen LogP contribution in [0.3, 0.4) is 0 Å². The lowest BCUT2D eigenvalue weighted by atomic mass is 10.1. The maximum atomic E-state index is 13.1. The number of rotatable bonds is 5. The predicted octanol–water partition coefficient (Wildman–Crippen LogP) is 1.53. The second kappa shape index (κ2) is 10.9. The lowest BCUT2D eigenvalue weighted by molar-refractivity contribution is -0.134. The fourth-order valence-corrected chi connectivity index (χ4v) is 4.89. The molecule has 0 radical (unpaired) electrons. The number of aliphatic carboxylic acids is 1. The summed E-state index contributed by atoms with van der Waals surface area (Å²) in [5.74, 6) is -0.764. The molecule has 2 aromatic carbocycles. The highest BCUT2D eigenvalue weighted by Gasteiger charge is 2.32. The SMILES string of the molecule is CC(=O)O.COc1ccc(C)cc1S(=O)(=O)N1CCN(C(=O)c2ccc(C(=N)N)cc2)CC1. The molecule has 3 rings (SSSR count). The highest BCUT2D eigenvalue weighted by Crippen LogP contribution is 2.28. The van der Waals surface area contributed by atoms with Crippen LogP contribution in [-0.2, 0) is 14.8 Å². The molecular formula is C22H28N4O6S. The normalized spacial score (nSPS) is 14.1. The van der Waals surface area contributed by atoms with Crippen molar-refractivity contribution in [2.24, 2.45) is 5.73 Å². The number of nitrogens with one attached hydrogen (secondary N) is 1. The molecule has 2 aromatic rings. The van der Waals surface area contributed by atoms with Crippen LogP contribution < -0.4 is 10.5 Å². The van der Waals surface area contributed by atoms with Crippen molar-refractivity contribution in [1.82, 2.24) is 9.21 Å². The molecule has 0 atom stereocenters. The molecule has 0 saturated carbocycles. The minimum atomic E-state index is -3.72. The Labute approximate surface area is 193 Å². The summed E-state index contributed by atoms with van der Waals surface area (Å²) < 4.78 is 32.8. The molecule has 0 bridgehead atoms. The number of nitrogens with zero attached hydrogens (tertiary/aromatic N) is 2. The molecule has 1 amide bonds. The molecule has 0 aromatic heterocycles. The number of carbonyl (C=O) groups excluding carboxylic acids is 1. The van der Waals surface area contributed by atoms with Crippen LogP contribution in [0.5, 0.6) is 5.75 Å². The number of ether oxygens (including phenoxy) is 1. The van der Waals surface area contributed by atoms with E-state index in [2.05, 4.69) is 0 Å².